The van der Waals surface area contributed by atoms with Crippen LogP contribution in [-0.2, 0) is 4.79 Å². The molecule has 1 aliphatic heterocycles. The summed E-state index contributed by atoms with van der Waals surface area (Å²) in [4.78, 5) is 30.9. The van der Waals surface area contributed by atoms with Crippen molar-refractivity contribution in [3.8, 4) is 0 Å². The lowest BCUT2D eigenvalue weighted by molar-refractivity contribution is -0.117. The van der Waals surface area contributed by atoms with Crippen LogP contribution in [0, 0.1) is 18.8 Å². The van der Waals surface area contributed by atoms with E-state index >= 15 is 0 Å². The summed E-state index contributed by atoms with van der Waals surface area (Å²) < 4.78 is 0. The number of carbonyl (C=O) groups excluding carboxylic acids is 2. The van der Waals surface area contributed by atoms with Crippen molar-refractivity contribution in [1.29, 1.82) is 0 Å². The maximum Gasteiger partial charge on any atom is 0.248 e. The van der Waals surface area contributed by atoms with Crippen molar-refractivity contribution in [2.24, 2.45) is 17.6 Å². The average molecular weight is 378 g/mol. The standard InChI is InChI=1S/C22H26N4O2/c1-12-5-4-6-19(24-12)25-20-13(2)21(15-7-8-15)26(14(3)27)18-10-9-16(22(23)28)11-17(18)20/h4-6,9-11,13,15,20-21H,7-8H2,1-3H3,(H2,23,28)(H,24,25)/t13-,20-,21?/m1/s1. The molecule has 28 heavy (non-hydrogen) atoms. The Morgan fingerprint density at radius 1 is 1.21 bits per heavy atom. The number of hydrogen-bond acceptors (Lipinski definition) is 4. The van der Waals surface area contributed by atoms with Gasteiger partial charge >= 0.3 is 0 Å². The maximum absolute atomic E-state index is 12.6. The number of nitrogens with two attached hydrogens (primary N) is 1. The number of pyridine rings is 1. The number of rotatable bonds is 4. The summed E-state index contributed by atoms with van der Waals surface area (Å²) >= 11 is 0. The van der Waals surface area contributed by atoms with Crippen molar-refractivity contribution in [3.63, 3.8) is 0 Å². The number of nitrogens with zero attached hydrogens (tertiary/aromatic N) is 2. The van der Waals surface area contributed by atoms with Gasteiger partial charge in [0.05, 0.1) is 6.04 Å². The number of aryl methyl sites for hydroxylation is 1. The Morgan fingerprint density at radius 2 is 1.96 bits per heavy atom. The monoisotopic (exact) mass is 378 g/mol. The van der Waals surface area contributed by atoms with Crippen LogP contribution in [0.25, 0.3) is 0 Å². The zero-order valence-corrected chi connectivity index (χ0v) is 16.5. The minimum absolute atomic E-state index is 0.0314. The second-order valence-electron chi connectivity index (χ2n) is 8.00. The number of anilines is 2. The molecule has 3 N–H and O–H groups in total. The first-order valence-corrected chi connectivity index (χ1v) is 9.80. The minimum atomic E-state index is -0.471. The predicted octanol–water partition coefficient (Wildman–Crippen LogP) is 3.42. The third kappa shape index (κ3) is 3.23. The molecule has 0 saturated heterocycles. The minimum Gasteiger partial charge on any atom is -0.366 e. The van der Waals surface area contributed by atoms with E-state index in [1.165, 1.54) is 0 Å². The van der Waals surface area contributed by atoms with Crippen molar-refractivity contribution in [1.82, 2.24) is 4.98 Å². The molecule has 1 aromatic carbocycles. The van der Waals surface area contributed by atoms with Crippen molar-refractivity contribution in [2.45, 2.75) is 45.7 Å². The number of amides is 2. The van der Waals surface area contributed by atoms with Gasteiger partial charge in [-0.05, 0) is 61.6 Å². The molecule has 4 rings (SSSR count). The van der Waals surface area contributed by atoms with Gasteiger partial charge in [-0.1, -0.05) is 13.0 Å². The first-order valence-electron chi connectivity index (χ1n) is 9.80. The van der Waals surface area contributed by atoms with Crippen LogP contribution in [0.1, 0.15) is 54.3 Å². The lowest BCUT2D eigenvalue weighted by Gasteiger charge is -2.46. The van der Waals surface area contributed by atoms with Crippen molar-refractivity contribution < 1.29 is 9.59 Å². The van der Waals surface area contributed by atoms with E-state index in [2.05, 4.69) is 17.2 Å². The van der Waals surface area contributed by atoms with Gasteiger partial charge in [-0.2, -0.15) is 0 Å². The normalized spacial score (nSPS) is 23.8. The molecule has 146 valence electrons. The zero-order valence-electron chi connectivity index (χ0n) is 16.5. The van der Waals surface area contributed by atoms with Gasteiger partial charge in [-0.3, -0.25) is 9.59 Å². The summed E-state index contributed by atoms with van der Waals surface area (Å²) in [7, 11) is 0. The Kier molecular flexibility index (Phi) is 4.57. The quantitative estimate of drug-likeness (QED) is 0.853. The summed E-state index contributed by atoms with van der Waals surface area (Å²) in [5.41, 5.74) is 8.68. The van der Waals surface area contributed by atoms with Gasteiger partial charge in [0.15, 0.2) is 0 Å². The third-order valence-electron chi connectivity index (χ3n) is 5.91. The Hall–Kier alpha value is -2.89. The number of aromatic nitrogens is 1. The Bertz CT molecular complexity index is 938. The van der Waals surface area contributed by atoms with Gasteiger partial charge in [0.2, 0.25) is 11.8 Å². The van der Waals surface area contributed by atoms with Crippen LogP contribution in [0.4, 0.5) is 11.5 Å². The van der Waals surface area contributed by atoms with Crippen LogP contribution >= 0.6 is 0 Å². The Labute approximate surface area is 165 Å². The highest BCUT2D eigenvalue weighted by molar-refractivity contribution is 5.97. The molecule has 2 heterocycles. The summed E-state index contributed by atoms with van der Waals surface area (Å²) in [6, 6.07) is 11.3. The van der Waals surface area contributed by atoms with Gasteiger partial charge in [0, 0.05) is 35.8 Å². The molecular weight excluding hydrogens is 352 g/mol. The molecule has 6 nitrogen and oxygen atoms in total. The first kappa shape index (κ1) is 18.5. The van der Waals surface area contributed by atoms with Crippen molar-refractivity contribution in [2.75, 3.05) is 10.2 Å². The van der Waals surface area contributed by atoms with E-state index in [1.54, 1.807) is 13.0 Å². The predicted molar refractivity (Wildman–Crippen MR) is 109 cm³/mol. The number of fused-ring (bicyclic) bond motifs is 1. The number of primary amides is 1. The zero-order chi connectivity index (χ0) is 20.0. The summed E-state index contributed by atoms with van der Waals surface area (Å²) in [6.07, 6.45) is 2.28. The molecule has 2 amide bonds. The molecule has 1 aromatic heterocycles. The largest absolute Gasteiger partial charge is 0.366 e. The van der Waals surface area contributed by atoms with Gasteiger partial charge in [-0.15, -0.1) is 0 Å². The summed E-state index contributed by atoms with van der Waals surface area (Å²) in [5.74, 6) is 1.02. The third-order valence-corrected chi connectivity index (χ3v) is 5.91. The topological polar surface area (TPSA) is 88.3 Å². The van der Waals surface area contributed by atoms with Crippen LogP contribution < -0.4 is 16.0 Å². The number of nitrogens with one attached hydrogen (secondary N) is 1. The summed E-state index contributed by atoms with van der Waals surface area (Å²) in [5, 5.41) is 3.56. The smallest absolute Gasteiger partial charge is 0.248 e. The van der Waals surface area contributed by atoms with Gasteiger partial charge in [-0.25, -0.2) is 4.98 Å². The second kappa shape index (κ2) is 6.93. The molecule has 1 unspecified atom stereocenters. The second-order valence-corrected chi connectivity index (χ2v) is 8.00. The van der Waals surface area contributed by atoms with Crippen molar-refractivity contribution >= 4 is 23.3 Å². The van der Waals surface area contributed by atoms with Crippen LogP contribution in [0.15, 0.2) is 36.4 Å². The lowest BCUT2D eigenvalue weighted by Crippen LogP contribution is -2.51. The number of benzene rings is 1. The van der Waals surface area contributed by atoms with Crippen LogP contribution in [0.5, 0.6) is 0 Å². The molecule has 2 aromatic rings. The fourth-order valence-corrected chi connectivity index (χ4v) is 4.50. The van der Waals surface area contributed by atoms with Crippen LogP contribution in [-0.4, -0.2) is 22.8 Å². The molecule has 0 radical (unpaired) electrons. The van der Waals surface area contributed by atoms with Gasteiger partial charge in [0.1, 0.15) is 5.82 Å². The van der Waals surface area contributed by atoms with Crippen LogP contribution in [0.3, 0.4) is 0 Å². The van der Waals surface area contributed by atoms with E-state index in [-0.39, 0.29) is 23.9 Å². The molecule has 1 aliphatic carbocycles. The van der Waals surface area contributed by atoms with E-state index in [0.29, 0.717) is 11.5 Å². The number of carbonyl (C=O) groups is 2. The molecule has 3 atom stereocenters. The fourth-order valence-electron chi connectivity index (χ4n) is 4.50. The van der Waals surface area contributed by atoms with E-state index in [9.17, 15) is 9.59 Å². The lowest BCUT2D eigenvalue weighted by atomic mass is 9.79. The fraction of sp³-hybridized carbons (Fsp3) is 0.409. The molecular formula is C22H26N4O2. The first-order chi connectivity index (χ1) is 13.4. The highest BCUT2D eigenvalue weighted by atomic mass is 16.2. The summed E-state index contributed by atoms with van der Waals surface area (Å²) in [6.45, 7) is 5.75. The highest BCUT2D eigenvalue weighted by Gasteiger charge is 2.47. The Morgan fingerprint density at radius 3 is 2.57 bits per heavy atom. The Balaban J connectivity index is 1.83. The van der Waals surface area contributed by atoms with Gasteiger partial charge < -0.3 is 16.0 Å². The maximum atomic E-state index is 12.6. The molecule has 2 aliphatic rings. The number of hydrogen-bond donors (Lipinski definition) is 2. The molecule has 6 heteroatoms. The SMILES string of the molecule is CC(=O)N1c2ccc(C(N)=O)cc2[C@H](Nc2cccc(C)n2)[C@@H](C)C1C1CC1. The molecule has 1 fully saturated rings. The van der Waals surface area contributed by atoms with E-state index < -0.39 is 5.91 Å². The molecule has 0 spiro atoms. The van der Waals surface area contributed by atoms with E-state index in [0.717, 1.165) is 35.6 Å². The van der Waals surface area contributed by atoms with E-state index in [4.69, 9.17) is 5.73 Å². The molecule has 0 bridgehead atoms. The molecule has 1 saturated carbocycles. The van der Waals surface area contributed by atoms with Crippen LogP contribution in [0.2, 0.25) is 0 Å². The van der Waals surface area contributed by atoms with Gasteiger partial charge in [0.25, 0.3) is 0 Å². The average Bonchev–Trinajstić information content (AvgIpc) is 3.47. The van der Waals surface area contributed by atoms with Crippen molar-refractivity contribution in [3.05, 3.63) is 53.2 Å². The highest BCUT2D eigenvalue weighted by Crippen LogP contribution is 2.50. The van der Waals surface area contributed by atoms with E-state index in [1.807, 2.05) is 42.2 Å².